The topological polar surface area (TPSA) is 68.1 Å². The highest BCUT2D eigenvalue weighted by atomic mass is 32.1. The summed E-state index contributed by atoms with van der Waals surface area (Å²) in [7, 11) is 0. The van der Waals surface area contributed by atoms with Crippen molar-refractivity contribution in [2.75, 3.05) is 5.32 Å². The molecule has 0 spiro atoms. The number of para-hydroxylation sites is 2. The third kappa shape index (κ3) is 2.79. The molecule has 0 saturated heterocycles. The molecule has 0 bridgehead atoms. The molecule has 0 fully saturated rings. The Morgan fingerprint density at radius 3 is 2.88 bits per heavy atom. The van der Waals surface area contributed by atoms with Crippen LogP contribution >= 0.6 is 11.3 Å². The van der Waals surface area contributed by atoms with E-state index >= 15 is 0 Å². The minimum Gasteiger partial charge on any atom is -0.373 e. The van der Waals surface area contributed by atoms with Crippen molar-refractivity contribution in [2.45, 2.75) is 13.5 Å². The first kappa shape index (κ1) is 11.5. The van der Waals surface area contributed by atoms with Gasteiger partial charge in [0.15, 0.2) is 0 Å². The lowest BCUT2D eigenvalue weighted by Crippen LogP contribution is -2.01. The van der Waals surface area contributed by atoms with E-state index in [1.807, 2.05) is 6.92 Å². The first-order chi connectivity index (χ1) is 8.16. The van der Waals surface area contributed by atoms with Crippen LogP contribution in [-0.2, 0) is 6.54 Å². The fourth-order valence-electron chi connectivity index (χ4n) is 1.44. The summed E-state index contributed by atoms with van der Waals surface area (Å²) >= 11 is 1.58. The molecule has 6 heteroatoms. The average Bonchev–Trinajstić information content (AvgIpc) is 2.73. The molecule has 5 nitrogen and oxygen atoms in total. The highest BCUT2D eigenvalue weighted by Crippen LogP contribution is 2.24. The highest BCUT2D eigenvalue weighted by molar-refractivity contribution is 7.11. The molecule has 1 heterocycles. The Hall–Kier alpha value is -1.95. The van der Waals surface area contributed by atoms with Crippen molar-refractivity contribution < 1.29 is 4.92 Å². The van der Waals surface area contributed by atoms with Crippen molar-refractivity contribution in [1.29, 1.82) is 0 Å². The smallest absolute Gasteiger partial charge is 0.292 e. The van der Waals surface area contributed by atoms with Crippen LogP contribution in [0.2, 0.25) is 0 Å². The van der Waals surface area contributed by atoms with Crippen LogP contribution in [0.1, 0.15) is 9.88 Å². The van der Waals surface area contributed by atoms with E-state index in [2.05, 4.69) is 10.3 Å². The van der Waals surface area contributed by atoms with Gasteiger partial charge in [-0.1, -0.05) is 12.1 Å². The lowest BCUT2D eigenvalue weighted by Gasteiger charge is -2.04. The molecule has 0 aliphatic heterocycles. The normalized spacial score (nSPS) is 10.2. The number of hydrogen-bond acceptors (Lipinski definition) is 5. The zero-order valence-electron chi connectivity index (χ0n) is 9.21. The number of nitrogens with one attached hydrogen (secondary N) is 1. The molecule has 0 radical (unpaired) electrons. The molecule has 0 saturated carbocycles. The number of hydrogen-bond donors (Lipinski definition) is 1. The van der Waals surface area contributed by atoms with Gasteiger partial charge in [0.1, 0.15) is 10.7 Å². The van der Waals surface area contributed by atoms with Gasteiger partial charge in [-0.2, -0.15) is 0 Å². The Morgan fingerprint density at radius 1 is 1.47 bits per heavy atom. The Morgan fingerprint density at radius 2 is 2.24 bits per heavy atom. The fraction of sp³-hybridized carbons (Fsp3) is 0.182. The van der Waals surface area contributed by atoms with Crippen molar-refractivity contribution in [3.8, 4) is 0 Å². The number of nitro benzene ring substituents is 1. The average molecular weight is 249 g/mol. The van der Waals surface area contributed by atoms with Crippen molar-refractivity contribution in [1.82, 2.24) is 4.98 Å². The summed E-state index contributed by atoms with van der Waals surface area (Å²) in [6.07, 6.45) is 1.79. The van der Waals surface area contributed by atoms with Crippen molar-refractivity contribution >= 4 is 22.7 Å². The van der Waals surface area contributed by atoms with Crippen molar-refractivity contribution in [2.24, 2.45) is 0 Å². The minimum atomic E-state index is -0.393. The van der Waals surface area contributed by atoms with Crippen LogP contribution in [0, 0.1) is 17.0 Å². The van der Waals surface area contributed by atoms with E-state index in [0.717, 1.165) is 9.88 Å². The van der Waals surface area contributed by atoms with Gasteiger partial charge in [-0.3, -0.25) is 10.1 Å². The van der Waals surface area contributed by atoms with E-state index in [-0.39, 0.29) is 5.69 Å². The van der Waals surface area contributed by atoms with Gasteiger partial charge in [0.2, 0.25) is 0 Å². The van der Waals surface area contributed by atoms with Crippen LogP contribution in [0.3, 0.4) is 0 Å². The second-order valence-electron chi connectivity index (χ2n) is 3.49. The molecule has 1 aromatic heterocycles. The Labute approximate surface area is 102 Å². The second kappa shape index (κ2) is 4.92. The van der Waals surface area contributed by atoms with Crippen LogP contribution in [0.5, 0.6) is 0 Å². The number of nitro groups is 1. The van der Waals surface area contributed by atoms with Crippen molar-refractivity contribution in [3.05, 3.63) is 50.5 Å². The quantitative estimate of drug-likeness (QED) is 0.668. The zero-order chi connectivity index (χ0) is 12.3. The molecule has 17 heavy (non-hydrogen) atoms. The van der Waals surface area contributed by atoms with Crippen LogP contribution in [-0.4, -0.2) is 9.91 Å². The SMILES string of the molecule is Cc1cnc(CNc2ccccc2[N+](=O)[O-])s1. The molecule has 2 aromatic rings. The molecule has 0 aliphatic carbocycles. The van der Waals surface area contributed by atoms with E-state index in [1.165, 1.54) is 6.07 Å². The number of benzene rings is 1. The maximum absolute atomic E-state index is 10.8. The summed E-state index contributed by atoms with van der Waals surface area (Å²) in [5.74, 6) is 0. The van der Waals surface area contributed by atoms with Crippen LogP contribution in [0.25, 0.3) is 0 Å². The number of aromatic nitrogens is 1. The van der Waals surface area contributed by atoms with Gasteiger partial charge in [0.25, 0.3) is 5.69 Å². The monoisotopic (exact) mass is 249 g/mol. The van der Waals surface area contributed by atoms with Gasteiger partial charge in [0.05, 0.1) is 11.5 Å². The van der Waals surface area contributed by atoms with Gasteiger partial charge in [-0.15, -0.1) is 11.3 Å². The predicted molar refractivity (Wildman–Crippen MR) is 67.3 cm³/mol. The first-order valence-electron chi connectivity index (χ1n) is 5.05. The molecular weight excluding hydrogens is 238 g/mol. The lowest BCUT2D eigenvalue weighted by molar-refractivity contribution is -0.384. The molecule has 0 atom stereocenters. The van der Waals surface area contributed by atoms with E-state index < -0.39 is 4.92 Å². The molecule has 0 amide bonds. The largest absolute Gasteiger partial charge is 0.373 e. The van der Waals surface area contributed by atoms with E-state index in [0.29, 0.717) is 12.2 Å². The summed E-state index contributed by atoms with van der Waals surface area (Å²) in [6, 6.07) is 6.59. The summed E-state index contributed by atoms with van der Waals surface area (Å²) in [4.78, 5) is 15.7. The maximum Gasteiger partial charge on any atom is 0.292 e. The standard InChI is InChI=1S/C11H11N3O2S/c1-8-6-13-11(17-8)7-12-9-4-2-3-5-10(9)14(15)16/h2-6,12H,7H2,1H3. The number of thiazole rings is 1. The zero-order valence-corrected chi connectivity index (χ0v) is 10.0. The molecular formula is C11H11N3O2S. The van der Waals surface area contributed by atoms with Gasteiger partial charge >= 0.3 is 0 Å². The van der Waals surface area contributed by atoms with Crippen molar-refractivity contribution in [3.63, 3.8) is 0 Å². The Balaban J connectivity index is 2.11. The Kier molecular flexibility index (Phi) is 3.34. The molecule has 0 unspecified atom stereocenters. The fourth-order valence-corrected chi connectivity index (χ4v) is 2.16. The molecule has 0 aliphatic rings. The Bertz CT molecular complexity index is 539. The maximum atomic E-state index is 10.8. The first-order valence-corrected chi connectivity index (χ1v) is 5.87. The third-order valence-electron chi connectivity index (χ3n) is 2.20. The summed E-state index contributed by atoms with van der Waals surface area (Å²) in [5, 5.41) is 14.7. The van der Waals surface area contributed by atoms with Crippen LogP contribution < -0.4 is 5.32 Å². The molecule has 1 aromatic carbocycles. The van der Waals surface area contributed by atoms with Crippen LogP contribution in [0.15, 0.2) is 30.5 Å². The van der Waals surface area contributed by atoms with Gasteiger partial charge < -0.3 is 5.32 Å². The summed E-state index contributed by atoms with van der Waals surface area (Å²) < 4.78 is 0. The van der Waals surface area contributed by atoms with E-state index in [1.54, 1.807) is 35.7 Å². The predicted octanol–water partition coefficient (Wildman–Crippen LogP) is 2.97. The molecule has 88 valence electrons. The number of anilines is 1. The summed E-state index contributed by atoms with van der Waals surface area (Å²) in [5.41, 5.74) is 0.603. The lowest BCUT2D eigenvalue weighted by atomic mass is 10.2. The third-order valence-corrected chi connectivity index (χ3v) is 3.11. The summed E-state index contributed by atoms with van der Waals surface area (Å²) in [6.45, 7) is 2.48. The highest BCUT2D eigenvalue weighted by Gasteiger charge is 2.11. The van der Waals surface area contributed by atoms with E-state index in [9.17, 15) is 10.1 Å². The van der Waals surface area contributed by atoms with Gasteiger partial charge in [-0.05, 0) is 13.0 Å². The minimum absolute atomic E-state index is 0.0841. The second-order valence-corrected chi connectivity index (χ2v) is 4.81. The van der Waals surface area contributed by atoms with E-state index in [4.69, 9.17) is 0 Å². The van der Waals surface area contributed by atoms with Gasteiger partial charge in [0, 0.05) is 17.1 Å². The number of nitrogens with zero attached hydrogens (tertiary/aromatic N) is 2. The molecule has 1 N–H and O–H groups in total. The van der Waals surface area contributed by atoms with Crippen LogP contribution in [0.4, 0.5) is 11.4 Å². The number of rotatable bonds is 4. The van der Waals surface area contributed by atoms with Gasteiger partial charge in [-0.25, -0.2) is 4.98 Å². The number of aryl methyl sites for hydroxylation is 1. The molecule has 2 rings (SSSR count).